The van der Waals surface area contributed by atoms with Gasteiger partial charge in [0.1, 0.15) is 0 Å². The third kappa shape index (κ3) is 1.78. The molecule has 0 radical (unpaired) electrons. The molecule has 0 amide bonds. The van der Waals surface area contributed by atoms with Crippen LogP contribution < -0.4 is 5.32 Å². The Labute approximate surface area is 92.9 Å². The maximum absolute atomic E-state index is 5.48. The Balaban J connectivity index is 1.96. The molecular formula is C12H13NOS. The van der Waals surface area contributed by atoms with E-state index in [1.165, 1.54) is 15.0 Å². The van der Waals surface area contributed by atoms with Crippen LogP contribution in [0.15, 0.2) is 30.3 Å². The third-order valence-corrected chi connectivity index (χ3v) is 3.94. The van der Waals surface area contributed by atoms with Gasteiger partial charge in [0.05, 0.1) is 19.3 Å². The summed E-state index contributed by atoms with van der Waals surface area (Å²) in [4.78, 5) is 1.39. The number of thiophene rings is 1. The van der Waals surface area contributed by atoms with Gasteiger partial charge in [0.2, 0.25) is 0 Å². The lowest BCUT2D eigenvalue weighted by Crippen LogP contribution is -2.33. The quantitative estimate of drug-likeness (QED) is 0.796. The van der Waals surface area contributed by atoms with Crippen molar-refractivity contribution in [1.29, 1.82) is 0 Å². The number of hydrogen-bond donors (Lipinski definition) is 1. The molecule has 1 unspecified atom stereocenters. The summed E-state index contributed by atoms with van der Waals surface area (Å²) in [5.74, 6) is 0. The van der Waals surface area contributed by atoms with Crippen LogP contribution in [0.2, 0.25) is 0 Å². The molecule has 78 valence electrons. The van der Waals surface area contributed by atoms with Gasteiger partial charge in [-0.15, -0.1) is 11.3 Å². The maximum atomic E-state index is 5.48. The third-order valence-electron chi connectivity index (χ3n) is 2.71. The summed E-state index contributed by atoms with van der Waals surface area (Å²) in [5, 5.41) is 4.82. The Hall–Kier alpha value is -0.900. The molecule has 1 N–H and O–H groups in total. The molecular weight excluding hydrogens is 206 g/mol. The van der Waals surface area contributed by atoms with Crippen molar-refractivity contribution in [2.24, 2.45) is 0 Å². The van der Waals surface area contributed by atoms with E-state index in [4.69, 9.17) is 4.74 Å². The van der Waals surface area contributed by atoms with Crippen molar-refractivity contribution >= 4 is 21.4 Å². The second-order valence-corrected chi connectivity index (χ2v) is 4.88. The van der Waals surface area contributed by atoms with Crippen molar-refractivity contribution in [3.8, 4) is 0 Å². The Morgan fingerprint density at radius 2 is 2.27 bits per heavy atom. The van der Waals surface area contributed by atoms with Gasteiger partial charge >= 0.3 is 0 Å². The van der Waals surface area contributed by atoms with E-state index >= 15 is 0 Å². The van der Waals surface area contributed by atoms with Gasteiger partial charge in [-0.25, -0.2) is 0 Å². The summed E-state index contributed by atoms with van der Waals surface area (Å²) in [7, 11) is 0. The highest BCUT2D eigenvalue weighted by molar-refractivity contribution is 7.19. The van der Waals surface area contributed by atoms with Crippen molar-refractivity contribution in [3.05, 3.63) is 35.2 Å². The highest BCUT2D eigenvalue weighted by Gasteiger charge is 2.17. The van der Waals surface area contributed by atoms with Gasteiger partial charge in [0.15, 0.2) is 0 Å². The number of hydrogen-bond acceptors (Lipinski definition) is 3. The molecule has 0 bridgehead atoms. The number of ether oxygens (including phenoxy) is 1. The molecule has 15 heavy (non-hydrogen) atoms. The summed E-state index contributed by atoms with van der Waals surface area (Å²) in [6.45, 7) is 2.59. The van der Waals surface area contributed by atoms with Gasteiger partial charge in [-0.3, -0.25) is 0 Å². The number of benzene rings is 1. The lowest BCUT2D eigenvalue weighted by atomic mass is 10.2. The fraction of sp³-hybridized carbons (Fsp3) is 0.333. The number of fused-ring (bicyclic) bond motifs is 1. The van der Waals surface area contributed by atoms with Crippen LogP contribution in [0.4, 0.5) is 0 Å². The predicted octanol–water partition coefficient (Wildman–Crippen LogP) is 2.56. The first-order chi connectivity index (χ1) is 7.43. The fourth-order valence-corrected chi connectivity index (χ4v) is 3.05. The molecule has 1 saturated heterocycles. The summed E-state index contributed by atoms with van der Waals surface area (Å²) >= 11 is 1.86. The van der Waals surface area contributed by atoms with E-state index in [1.807, 2.05) is 11.3 Å². The normalized spacial score (nSPS) is 22.0. The summed E-state index contributed by atoms with van der Waals surface area (Å²) in [5.41, 5.74) is 0. The van der Waals surface area contributed by atoms with Crippen molar-refractivity contribution < 1.29 is 4.74 Å². The molecule has 0 saturated carbocycles. The molecule has 3 rings (SSSR count). The van der Waals surface area contributed by atoms with Crippen molar-refractivity contribution in [2.75, 3.05) is 19.8 Å². The second kappa shape index (κ2) is 3.93. The first-order valence-electron chi connectivity index (χ1n) is 5.23. The van der Waals surface area contributed by atoms with Crippen molar-refractivity contribution in [2.45, 2.75) is 6.04 Å². The Bertz CT molecular complexity index is 426. The Kier molecular flexibility index (Phi) is 2.44. The van der Waals surface area contributed by atoms with Crippen LogP contribution in [0.25, 0.3) is 10.1 Å². The average molecular weight is 219 g/mol. The van der Waals surface area contributed by atoms with Crippen LogP contribution in [0.3, 0.4) is 0 Å². The fourth-order valence-electron chi connectivity index (χ4n) is 1.92. The van der Waals surface area contributed by atoms with Gasteiger partial charge < -0.3 is 10.1 Å². The van der Waals surface area contributed by atoms with E-state index in [0.29, 0.717) is 6.04 Å². The minimum Gasteiger partial charge on any atom is -0.378 e. The van der Waals surface area contributed by atoms with Gasteiger partial charge in [-0.2, -0.15) is 0 Å². The van der Waals surface area contributed by atoms with Crippen molar-refractivity contribution in [3.63, 3.8) is 0 Å². The first kappa shape index (κ1) is 9.33. The maximum Gasteiger partial charge on any atom is 0.0670 e. The Morgan fingerprint density at radius 1 is 1.33 bits per heavy atom. The molecule has 1 atom stereocenters. The molecule has 1 aromatic carbocycles. The van der Waals surface area contributed by atoms with Gasteiger partial charge in [0, 0.05) is 16.1 Å². The molecule has 1 aliphatic rings. The molecule has 1 fully saturated rings. The second-order valence-electron chi connectivity index (χ2n) is 3.77. The van der Waals surface area contributed by atoms with Gasteiger partial charge in [0.25, 0.3) is 0 Å². The first-order valence-corrected chi connectivity index (χ1v) is 6.05. The van der Waals surface area contributed by atoms with E-state index in [2.05, 4.69) is 35.6 Å². The molecule has 0 spiro atoms. The van der Waals surface area contributed by atoms with Crippen LogP contribution in [0.1, 0.15) is 10.9 Å². The van der Waals surface area contributed by atoms with E-state index < -0.39 is 0 Å². The monoisotopic (exact) mass is 219 g/mol. The topological polar surface area (TPSA) is 21.3 Å². The minimum absolute atomic E-state index is 0.385. The SMILES string of the molecule is c1ccc2sc(C3COCCN3)cc2c1. The van der Waals surface area contributed by atoms with Crippen LogP contribution in [-0.4, -0.2) is 19.8 Å². The zero-order valence-electron chi connectivity index (χ0n) is 8.40. The zero-order valence-corrected chi connectivity index (χ0v) is 9.22. The van der Waals surface area contributed by atoms with Crippen LogP contribution in [-0.2, 0) is 4.74 Å². The van der Waals surface area contributed by atoms with E-state index in [-0.39, 0.29) is 0 Å². The van der Waals surface area contributed by atoms with Crippen LogP contribution in [0, 0.1) is 0 Å². The molecule has 1 aliphatic heterocycles. The van der Waals surface area contributed by atoms with Gasteiger partial charge in [-0.05, 0) is 17.5 Å². The highest BCUT2D eigenvalue weighted by atomic mass is 32.1. The summed E-state index contributed by atoms with van der Waals surface area (Å²) in [6.07, 6.45) is 0. The van der Waals surface area contributed by atoms with E-state index in [1.54, 1.807) is 0 Å². The highest BCUT2D eigenvalue weighted by Crippen LogP contribution is 2.30. The van der Waals surface area contributed by atoms with Gasteiger partial charge in [-0.1, -0.05) is 18.2 Å². The minimum atomic E-state index is 0.385. The lowest BCUT2D eigenvalue weighted by molar-refractivity contribution is 0.0779. The number of rotatable bonds is 1. The molecule has 2 aromatic rings. The molecule has 3 heteroatoms. The molecule has 1 aromatic heterocycles. The predicted molar refractivity (Wildman–Crippen MR) is 63.4 cm³/mol. The Morgan fingerprint density at radius 3 is 3.07 bits per heavy atom. The summed E-state index contributed by atoms with van der Waals surface area (Å²) in [6, 6.07) is 11.2. The molecule has 2 heterocycles. The average Bonchev–Trinajstić information content (AvgIpc) is 2.74. The molecule has 2 nitrogen and oxygen atoms in total. The lowest BCUT2D eigenvalue weighted by Gasteiger charge is -2.22. The van der Waals surface area contributed by atoms with Crippen molar-refractivity contribution in [1.82, 2.24) is 5.32 Å². The van der Waals surface area contributed by atoms with E-state index in [9.17, 15) is 0 Å². The standard InChI is InChI=1S/C12H13NOS/c1-2-4-11-9(3-1)7-12(15-11)10-8-14-6-5-13-10/h1-4,7,10,13H,5-6,8H2. The molecule has 0 aliphatic carbocycles. The zero-order chi connectivity index (χ0) is 10.1. The van der Waals surface area contributed by atoms with E-state index in [0.717, 1.165) is 19.8 Å². The smallest absolute Gasteiger partial charge is 0.0670 e. The number of nitrogens with one attached hydrogen (secondary N) is 1. The number of morpholine rings is 1. The van der Waals surface area contributed by atoms with Crippen LogP contribution in [0.5, 0.6) is 0 Å². The largest absolute Gasteiger partial charge is 0.378 e. The van der Waals surface area contributed by atoms with Crippen LogP contribution >= 0.6 is 11.3 Å². The summed E-state index contributed by atoms with van der Waals surface area (Å²) < 4.78 is 6.84.